The van der Waals surface area contributed by atoms with Crippen molar-refractivity contribution in [2.75, 3.05) is 0 Å². The summed E-state index contributed by atoms with van der Waals surface area (Å²) in [7, 11) is 0. The highest BCUT2D eigenvalue weighted by Gasteiger charge is 2.43. The first-order valence-corrected chi connectivity index (χ1v) is 10.6. The monoisotopic (exact) mass is 382 g/mol. The first kappa shape index (κ1) is 22.5. The Kier molecular flexibility index (Phi) is 6.33. The third-order valence-electron chi connectivity index (χ3n) is 6.10. The Morgan fingerprint density at radius 1 is 1.04 bits per heavy atom. The zero-order valence-corrected chi connectivity index (χ0v) is 19.1. The van der Waals surface area contributed by atoms with Gasteiger partial charge in [-0.3, -0.25) is 0 Å². The molecule has 0 atom stereocenters. The van der Waals surface area contributed by atoms with E-state index in [4.69, 9.17) is 0 Å². The minimum Gasteiger partial charge on any atom is -0.478 e. The maximum atomic E-state index is 11.3. The van der Waals surface area contributed by atoms with Gasteiger partial charge in [0.25, 0.3) is 0 Å². The van der Waals surface area contributed by atoms with Crippen molar-refractivity contribution >= 4 is 5.97 Å². The SMILES string of the molecule is CCC(C(=O)O)=C(C)C=CCC1(c2cc(C(C)(C)C)cc(C(C)(C)C)c2)CC1. The van der Waals surface area contributed by atoms with Gasteiger partial charge in [0.2, 0.25) is 0 Å². The molecule has 1 aliphatic carbocycles. The molecule has 1 aromatic rings. The molecule has 0 unspecified atom stereocenters. The molecular formula is C26H38O2. The van der Waals surface area contributed by atoms with Crippen LogP contribution in [0.3, 0.4) is 0 Å². The molecule has 1 N–H and O–H groups in total. The van der Waals surface area contributed by atoms with E-state index in [1.54, 1.807) is 0 Å². The molecule has 0 radical (unpaired) electrons. The number of carboxylic acids is 1. The van der Waals surface area contributed by atoms with Gasteiger partial charge >= 0.3 is 5.97 Å². The van der Waals surface area contributed by atoms with Crippen LogP contribution in [0.15, 0.2) is 41.5 Å². The lowest BCUT2D eigenvalue weighted by molar-refractivity contribution is -0.132. The fourth-order valence-electron chi connectivity index (χ4n) is 3.72. The molecule has 1 aliphatic rings. The Balaban J connectivity index is 2.36. The predicted molar refractivity (Wildman–Crippen MR) is 119 cm³/mol. The summed E-state index contributed by atoms with van der Waals surface area (Å²) in [6, 6.07) is 7.20. The first-order valence-electron chi connectivity index (χ1n) is 10.6. The number of carboxylic acid groups (broad SMARTS) is 1. The van der Waals surface area contributed by atoms with Crippen LogP contribution in [0.2, 0.25) is 0 Å². The quantitative estimate of drug-likeness (QED) is 0.422. The number of hydrogen-bond acceptors (Lipinski definition) is 1. The van der Waals surface area contributed by atoms with E-state index in [0.717, 1.165) is 12.0 Å². The van der Waals surface area contributed by atoms with Crippen molar-refractivity contribution in [1.29, 1.82) is 0 Å². The molecule has 2 heteroatoms. The van der Waals surface area contributed by atoms with Gasteiger partial charge in [-0.15, -0.1) is 0 Å². The molecule has 154 valence electrons. The molecule has 1 saturated carbocycles. The minimum absolute atomic E-state index is 0.124. The van der Waals surface area contributed by atoms with E-state index in [9.17, 15) is 9.90 Å². The molecule has 1 fully saturated rings. The van der Waals surface area contributed by atoms with Crippen LogP contribution < -0.4 is 0 Å². The summed E-state index contributed by atoms with van der Waals surface area (Å²) < 4.78 is 0. The maximum absolute atomic E-state index is 11.3. The van der Waals surface area contributed by atoms with Crippen LogP contribution in [-0.4, -0.2) is 11.1 Å². The fraction of sp³-hybridized carbons (Fsp3) is 0.577. The molecule has 0 amide bonds. The van der Waals surface area contributed by atoms with Crippen LogP contribution in [0.5, 0.6) is 0 Å². The van der Waals surface area contributed by atoms with Crippen molar-refractivity contribution in [3.05, 3.63) is 58.2 Å². The molecule has 2 nitrogen and oxygen atoms in total. The second-order valence-corrected chi connectivity index (χ2v) is 10.5. The number of hydrogen-bond donors (Lipinski definition) is 1. The Morgan fingerprint density at radius 2 is 1.54 bits per heavy atom. The molecule has 0 aromatic heterocycles. The summed E-state index contributed by atoms with van der Waals surface area (Å²) in [5.74, 6) is -0.807. The van der Waals surface area contributed by atoms with Crippen LogP contribution in [0.25, 0.3) is 0 Å². The fourth-order valence-corrected chi connectivity index (χ4v) is 3.72. The second-order valence-electron chi connectivity index (χ2n) is 10.5. The third kappa shape index (κ3) is 5.16. The summed E-state index contributed by atoms with van der Waals surface area (Å²) in [5, 5.41) is 9.31. The molecule has 28 heavy (non-hydrogen) atoms. The molecule has 0 heterocycles. The highest BCUT2D eigenvalue weighted by molar-refractivity contribution is 5.87. The Morgan fingerprint density at radius 3 is 1.89 bits per heavy atom. The smallest absolute Gasteiger partial charge is 0.331 e. The largest absolute Gasteiger partial charge is 0.478 e. The molecule has 2 rings (SSSR count). The van der Waals surface area contributed by atoms with Gasteiger partial charge in [0.1, 0.15) is 0 Å². The number of allylic oxidation sites excluding steroid dienone is 3. The average Bonchev–Trinajstić information content (AvgIpc) is 3.34. The third-order valence-corrected chi connectivity index (χ3v) is 6.10. The summed E-state index contributed by atoms with van der Waals surface area (Å²) >= 11 is 0. The number of benzene rings is 1. The van der Waals surface area contributed by atoms with Crippen molar-refractivity contribution in [1.82, 2.24) is 0 Å². The van der Waals surface area contributed by atoms with Gasteiger partial charge in [-0.25, -0.2) is 4.79 Å². The van der Waals surface area contributed by atoms with Crippen molar-refractivity contribution in [2.45, 2.75) is 97.3 Å². The highest BCUT2D eigenvalue weighted by Crippen LogP contribution is 2.52. The van der Waals surface area contributed by atoms with Gasteiger partial charge in [0.15, 0.2) is 0 Å². The Labute approximate surface area is 171 Å². The van der Waals surface area contributed by atoms with Crippen molar-refractivity contribution in [3.63, 3.8) is 0 Å². The maximum Gasteiger partial charge on any atom is 0.331 e. The zero-order chi connectivity index (χ0) is 21.3. The summed E-state index contributed by atoms with van der Waals surface area (Å²) in [5.41, 5.74) is 6.09. The van der Waals surface area contributed by atoms with Crippen molar-refractivity contribution < 1.29 is 9.90 Å². The predicted octanol–water partition coefficient (Wildman–Crippen LogP) is 7.07. The van der Waals surface area contributed by atoms with Crippen molar-refractivity contribution in [3.8, 4) is 0 Å². The van der Waals surface area contributed by atoms with Gasteiger partial charge in [0.05, 0.1) is 0 Å². The second kappa shape index (κ2) is 7.89. The minimum atomic E-state index is -0.807. The molecule has 0 spiro atoms. The Bertz CT molecular complexity index is 758. The van der Waals surface area contributed by atoms with Gasteiger partial charge in [0, 0.05) is 5.57 Å². The van der Waals surface area contributed by atoms with E-state index in [1.807, 2.05) is 19.9 Å². The molecule has 0 saturated heterocycles. The van der Waals surface area contributed by atoms with Crippen LogP contribution in [0.1, 0.15) is 97.8 Å². The van der Waals surface area contributed by atoms with Crippen LogP contribution >= 0.6 is 0 Å². The molecular weight excluding hydrogens is 344 g/mol. The normalized spacial score (nSPS) is 17.6. The van der Waals surface area contributed by atoms with E-state index in [-0.39, 0.29) is 16.2 Å². The van der Waals surface area contributed by atoms with Crippen LogP contribution in [0, 0.1) is 0 Å². The summed E-state index contributed by atoms with van der Waals surface area (Å²) in [6.07, 6.45) is 8.12. The Hall–Kier alpha value is -1.83. The van der Waals surface area contributed by atoms with Gasteiger partial charge in [-0.05, 0) is 71.1 Å². The van der Waals surface area contributed by atoms with Crippen LogP contribution in [0.4, 0.5) is 0 Å². The van der Waals surface area contributed by atoms with Crippen molar-refractivity contribution in [2.24, 2.45) is 0 Å². The van der Waals surface area contributed by atoms with Gasteiger partial charge < -0.3 is 5.11 Å². The average molecular weight is 383 g/mol. The van der Waals surface area contributed by atoms with E-state index in [1.165, 1.54) is 29.5 Å². The topological polar surface area (TPSA) is 37.3 Å². The van der Waals surface area contributed by atoms with E-state index >= 15 is 0 Å². The van der Waals surface area contributed by atoms with Crippen LogP contribution in [-0.2, 0) is 21.0 Å². The number of carbonyl (C=O) groups is 1. The van der Waals surface area contributed by atoms with E-state index in [0.29, 0.717) is 12.0 Å². The molecule has 0 bridgehead atoms. The lowest BCUT2D eigenvalue weighted by Crippen LogP contribution is -2.19. The van der Waals surface area contributed by atoms with E-state index in [2.05, 4.69) is 65.8 Å². The lowest BCUT2D eigenvalue weighted by Gasteiger charge is -2.28. The lowest BCUT2D eigenvalue weighted by atomic mass is 9.77. The summed E-state index contributed by atoms with van der Waals surface area (Å²) in [6.45, 7) is 17.5. The van der Waals surface area contributed by atoms with E-state index < -0.39 is 5.97 Å². The van der Waals surface area contributed by atoms with Gasteiger partial charge in [-0.1, -0.05) is 78.8 Å². The molecule has 1 aromatic carbocycles. The highest BCUT2D eigenvalue weighted by atomic mass is 16.4. The van der Waals surface area contributed by atoms with Gasteiger partial charge in [-0.2, -0.15) is 0 Å². The number of aliphatic carboxylic acids is 1. The molecule has 0 aliphatic heterocycles. The summed E-state index contributed by atoms with van der Waals surface area (Å²) in [4.78, 5) is 11.3. The number of rotatable bonds is 6. The standard InChI is InChI=1S/C26H38O2/c1-9-22(23(27)28)18(2)11-10-12-26(13-14-26)21-16-19(24(3,4)5)15-20(17-21)25(6,7)8/h10-11,15-17H,9,12-14H2,1-8H3,(H,27,28). The first-order chi connectivity index (χ1) is 12.8. The zero-order valence-electron chi connectivity index (χ0n) is 19.1.